The molecule has 0 radical (unpaired) electrons. The van der Waals surface area contributed by atoms with Gasteiger partial charge in [-0.25, -0.2) is 0 Å². The summed E-state index contributed by atoms with van der Waals surface area (Å²) in [6.45, 7) is 6.55. The topological polar surface area (TPSA) is 17.1 Å². The molecule has 0 aromatic carbocycles. The van der Waals surface area contributed by atoms with Crippen LogP contribution in [0.5, 0.6) is 0 Å². The monoisotopic (exact) mass is 190 g/mol. The maximum Gasteiger partial charge on any atom is 0.0237 e. The predicted octanol–water partition coefficient (Wildman–Crippen LogP) is 2.97. The van der Waals surface area contributed by atoms with Crippen LogP contribution in [0.3, 0.4) is 0 Å². The van der Waals surface area contributed by atoms with Crippen molar-refractivity contribution < 1.29 is 4.21 Å². The third kappa shape index (κ3) is 8.25. The molecule has 0 saturated carbocycles. The van der Waals surface area contributed by atoms with Crippen molar-refractivity contribution in [1.29, 1.82) is 0 Å². The summed E-state index contributed by atoms with van der Waals surface area (Å²) in [7, 11) is -0.542. The van der Waals surface area contributed by atoms with Crippen LogP contribution in [0.2, 0.25) is 0 Å². The third-order valence-electron chi connectivity index (χ3n) is 1.90. The number of unbranched alkanes of at least 4 members (excludes halogenated alkanes) is 2. The molecule has 0 N–H and O–H groups in total. The molecule has 12 heavy (non-hydrogen) atoms. The minimum Gasteiger partial charge on any atom is -0.260 e. The molecule has 0 aromatic rings. The normalized spacial score (nSPS) is 13.7. The average molecular weight is 190 g/mol. The Hall–Kier alpha value is 0.150. The third-order valence-corrected chi connectivity index (χ3v) is 3.33. The molecule has 74 valence electrons. The van der Waals surface area contributed by atoms with Gasteiger partial charge in [0, 0.05) is 22.3 Å². The van der Waals surface area contributed by atoms with Gasteiger partial charge < -0.3 is 0 Å². The fourth-order valence-corrected chi connectivity index (χ4v) is 2.45. The number of hydrogen-bond donors (Lipinski definition) is 0. The second-order valence-electron chi connectivity index (χ2n) is 3.74. The van der Waals surface area contributed by atoms with Crippen molar-refractivity contribution in [2.75, 3.05) is 11.5 Å². The van der Waals surface area contributed by atoms with E-state index in [1.807, 2.05) is 0 Å². The summed E-state index contributed by atoms with van der Waals surface area (Å²) in [6.07, 6.45) is 4.70. The smallest absolute Gasteiger partial charge is 0.0237 e. The molecule has 0 fully saturated rings. The van der Waals surface area contributed by atoms with Gasteiger partial charge in [-0.15, -0.1) is 0 Å². The summed E-state index contributed by atoms with van der Waals surface area (Å²) in [4.78, 5) is 0. The van der Waals surface area contributed by atoms with Crippen molar-refractivity contribution in [2.45, 2.75) is 46.5 Å². The lowest BCUT2D eigenvalue weighted by Gasteiger charge is -2.03. The van der Waals surface area contributed by atoms with E-state index >= 15 is 0 Å². The Labute approximate surface area is 79.4 Å². The highest BCUT2D eigenvalue weighted by atomic mass is 32.2. The van der Waals surface area contributed by atoms with E-state index in [0.717, 1.165) is 24.3 Å². The first-order valence-corrected chi connectivity index (χ1v) is 6.50. The van der Waals surface area contributed by atoms with Gasteiger partial charge in [0.2, 0.25) is 0 Å². The molecular weight excluding hydrogens is 168 g/mol. The zero-order chi connectivity index (χ0) is 9.40. The lowest BCUT2D eigenvalue weighted by atomic mass is 10.2. The summed E-state index contributed by atoms with van der Waals surface area (Å²) < 4.78 is 11.3. The first kappa shape index (κ1) is 12.2. The molecule has 1 atom stereocenters. The van der Waals surface area contributed by atoms with E-state index in [0.29, 0.717) is 5.92 Å². The average Bonchev–Trinajstić information content (AvgIpc) is 2.01. The van der Waals surface area contributed by atoms with Crippen LogP contribution in [-0.2, 0) is 10.8 Å². The van der Waals surface area contributed by atoms with Crippen LogP contribution in [0.15, 0.2) is 0 Å². The summed E-state index contributed by atoms with van der Waals surface area (Å²) >= 11 is 0. The second kappa shape index (κ2) is 7.78. The van der Waals surface area contributed by atoms with Crippen LogP contribution in [0.1, 0.15) is 46.5 Å². The van der Waals surface area contributed by atoms with Gasteiger partial charge in [0.25, 0.3) is 0 Å². The second-order valence-corrected chi connectivity index (χ2v) is 5.43. The Morgan fingerprint density at radius 3 is 2.33 bits per heavy atom. The fourth-order valence-electron chi connectivity index (χ4n) is 0.982. The van der Waals surface area contributed by atoms with Gasteiger partial charge in [-0.2, -0.15) is 0 Å². The maximum absolute atomic E-state index is 11.3. The van der Waals surface area contributed by atoms with E-state index in [2.05, 4.69) is 20.8 Å². The van der Waals surface area contributed by atoms with E-state index in [1.54, 1.807) is 0 Å². The maximum atomic E-state index is 11.3. The first-order valence-electron chi connectivity index (χ1n) is 5.01. The molecule has 1 nitrogen and oxygen atoms in total. The quantitative estimate of drug-likeness (QED) is 0.564. The molecule has 1 unspecified atom stereocenters. The minimum absolute atomic E-state index is 0.542. The highest BCUT2D eigenvalue weighted by Crippen LogP contribution is 2.03. The minimum atomic E-state index is -0.542. The lowest BCUT2D eigenvalue weighted by molar-refractivity contribution is 0.617. The molecule has 2 heteroatoms. The van der Waals surface area contributed by atoms with Crippen LogP contribution in [0, 0.1) is 5.92 Å². The van der Waals surface area contributed by atoms with Gasteiger partial charge in [0.1, 0.15) is 0 Å². The largest absolute Gasteiger partial charge is 0.260 e. The first-order chi connectivity index (χ1) is 5.66. The zero-order valence-electron chi connectivity index (χ0n) is 8.64. The fraction of sp³-hybridized carbons (Fsp3) is 1.00. The van der Waals surface area contributed by atoms with E-state index < -0.39 is 10.8 Å². The van der Waals surface area contributed by atoms with Crippen LogP contribution < -0.4 is 0 Å². The Balaban J connectivity index is 3.22. The zero-order valence-corrected chi connectivity index (χ0v) is 9.45. The highest BCUT2D eigenvalue weighted by Gasteiger charge is 2.00. The Kier molecular flexibility index (Phi) is 7.88. The Bertz CT molecular complexity index is 121. The molecule has 0 aromatic heterocycles. The van der Waals surface area contributed by atoms with E-state index in [1.165, 1.54) is 12.8 Å². The van der Waals surface area contributed by atoms with Crippen molar-refractivity contribution in [2.24, 2.45) is 5.92 Å². The molecule has 0 aliphatic rings. The van der Waals surface area contributed by atoms with Gasteiger partial charge >= 0.3 is 0 Å². The number of hydrogen-bond acceptors (Lipinski definition) is 1. The van der Waals surface area contributed by atoms with Crippen molar-refractivity contribution in [1.82, 2.24) is 0 Å². The van der Waals surface area contributed by atoms with E-state index in [4.69, 9.17) is 0 Å². The van der Waals surface area contributed by atoms with Gasteiger partial charge in [0.05, 0.1) is 0 Å². The van der Waals surface area contributed by atoms with Crippen LogP contribution in [-0.4, -0.2) is 15.7 Å². The summed E-state index contributed by atoms with van der Waals surface area (Å²) in [6, 6.07) is 0. The molecule has 0 aliphatic carbocycles. The standard InChI is InChI=1S/C10H22OS/c1-4-5-6-8-12(11)9-7-10(2)3/h10H,4-9H2,1-3H3. The molecule has 0 aliphatic heterocycles. The Morgan fingerprint density at radius 2 is 1.83 bits per heavy atom. The molecule has 0 heterocycles. The van der Waals surface area contributed by atoms with E-state index in [9.17, 15) is 4.21 Å². The number of rotatable bonds is 7. The molecule has 0 bridgehead atoms. The predicted molar refractivity (Wildman–Crippen MR) is 56.9 cm³/mol. The molecule has 0 saturated heterocycles. The van der Waals surface area contributed by atoms with Gasteiger partial charge in [0.15, 0.2) is 0 Å². The van der Waals surface area contributed by atoms with Gasteiger partial charge in [-0.3, -0.25) is 4.21 Å². The lowest BCUT2D eigenvalue weighted by Crippen LogP contribution is -2.05. The van der Waals surface area contributed by atoms with Crippen LogP contribution >= 0.6 is 0 Å². The Morgan fingerprint density at radius 1 is 1.17 bits per heavy atom. The van der Waals surface area contributed by atoms with Crippen molar-refractivity contribution in [3.05, 3.63) is 0 Å². The molecule has 0 spiro atoms. The summed E-state index contributed by atoms with van der Waals surface area (Å²) in [5, 5.41) is 0. The molecule has 0 amide bonds. The SMILES string of the molecule is CCCCCS(=O)CCC(C)C. The summed E-state index contributed by atoms with van der Waals surface area (Å²) in [5.74, 6) is 2.52. The summed E-state index contributed by atoms with van der Waals surface area (Å²) in [5.41, 5.74) is 0. The van der Waals surface area contributed by atoms with Crippen LogP contribution in [0.25, 0.3) is 0 Å². The van der Waals surface area contributed by atoms with Crippen molar-refractivity contribution in [3.8, 4) is 0 Å². The molecule has 0 rings (SSSR count). The van der Waals surface area contributed by atoms with Gasteiger partial charge in [-0.05, 0) is 18.8 Å². The van der Waals surface area contributed by atoms with Crippen LogP contribution in [0.4, 0.5) is 0 Å². The van der Waals surface area contributed by atoms with Crippen molar-refractivity contribution in [3.63, 3.8) is 0 Å². The van der Waals surface area contributed by atoms with Crippen molar-refractivity contribution >= 4 is 10.8 Å². The van der Waals surface area contributed by atoms with E-state index in [-0.39, 0.29) is 0 Å². The highest BCUT2D eigenvalue weighted by molar-refractivity contribution is 7.84. The van der Waals surface area contributed by atoms with Gasteiger partial charge in [-0.1, -0.05) is 33.6 Å². The molecular formula is C10H22OS.